The molecule has 0 aliphatic carbocycles. The van der Waals surface area contributed by atoms with E-state index in [0.717, 1.165) is 49.3 Å². The number of hydrogen-bond acceptors (Lipinski definition) is 7. The Morgan fingerprint density at radius 3 is 2.81 bits per heavy atom. The average molecular weight is 501 g/mol. The number of allylic oxidation sites excluding steroid dienone is 3. The molecule has 1 aromatic rings. The average Bonchev–Trinajstić information content (AvgIpc) is 3.24. The summed E-state index contributed by atoms with van der Waals surface area (Å²) in [7, 11) is 0. The Morgan fingerprint density at radius 1 is 1.28 bits per heavy atom. The van der Waals surface area contributed by atoms with Gasteiger partial charge in [0.2, 0.25) is 0 Å². The molecule has 4 N–H and O–H groups in total. The number of halogens is 2. The van der Waals surface area contributed by atoms with Crippen LogP contribution in [0.1, 0.15) is 45.6 Å². The van der Waals surface area contributed by atoms with Crippen molar-refractivity contribution >= 4 is 5.71 Å². The van der Waals surface area contributed by atoms with Crippen molar-refractivity contribution < 1.29 is 13.9 Å². The molecule has 1 aromatic carbocycles. The Balaban J connectivity index is 1.22. The molecular formula is C27H38F2N6O. The van der Waals surface area contributed by atoms with E-state index in [0.29, 0.717) is 13.1 Å². The normalized spacial score (nSPS) is 32.1. The monoisotopic (exact) mass is 500 g/mol. The molecule has 0 radical (unpaired) electrons. The molecule has 4 heterocycles. The second-order valence-corrected chi connectivity index (χ2v) is 11.1. The lowest BCUT2D eigenvalue weighted by atomic mass is 9.85. The van der Waals surface area contributed by atoms with E-state index in [1.165, 1.54) is 18.2 Å². The Bertz CT molecular complexity index is 1050. The number of aliphatic hydroxyl groups is 1. The molecule has 4 unspecified atom stereocenters. The minimum Gasteiger partial charge on any atom is -0.383 e. The first-order chi connectivity index (χ1) is 17.2. The van der Waals surface area contributed by atoms with Gasteiger partial charge in [-0.05, 0) is 70.4 Å². The molecule has 36 heavy (non-hydrogen) atoms. The number of hydrogen-bond donors (Lipinski definition) is 4. The summed E-state index contributed by atoms with van der Waals surface area (Å²) in [6, 6.07) is 4.54. The van der Waals surface area contributed by atoms with Crippen LogP contribution in [0.2, 0.25) is 0 Å². The summed E-state index contributed by atoms with van der Waals surface area (Å²) < 4.78 is 28.4. The van der Waals surface area contributed by atoms with Crippen LogP contribution in [0.3, 0.4) is 0 Å². The molecule has 0 saturated carbocycles. The van der Waals surface area contributed by atoms with E-state index in [9.17, 15) is 13.9 Å². The van der Waals surface area contributed by atoms with Crippen molar-refractivity contribution in [3.63, 3.8) is 0 Å². The van der Waals surface area contributed by atoms with Crippen molar-refractivity contribution in [2.75, 3.05) is 26.2 Å². The predicted octanol–water partition coefficient (Wildman–Crippen LogP) is 2.66. The molecule has 0 bridgehead atoms. The summed E-state index contributed by atoms with van der Waals surface area (Å²) in [6.07, 6.45) is 6.23. The van der Waals surface area contributed by atoms with Crippen LogP contribution in [0.5, 0.6) is 0 Å². The van der Waals surface area contributed by atoms with Crippen molar-refractivity contribution in [1.82, 2.24) is 25.9 Å². The third kappa shape index (κ3) is 5.34. The van der Waals surface area contributed by atoms with E-state index in [2.05, 4.69) is 63.9 Å². The van der Waals surface area contributed by atoms with Gasteiger partial charge in [0.15, 0.2) is 6.35 Å². The molecule has 5 atom stereocenters. The lowest BCUT2D eigenvalue weighted by molar-refractivity contribution is -0.0685. The molecule has 9 heteroatoms. The van der Waals surface area contributed by atoms with E-state index in [1.807, 2.05) is 0 Å². The molecule has 0 aromatic heterocycles. The minimum atomic E-state index is -0.804. The lowest BCUT2D eigenvalue weighted by Gasteiger charge is -2.45. The van der Waals surface area contributed by atoms with Gasteiger partial charge >= 0.3 is 0 Å². The van der Waals surface area contributed by atoms with Crippen molar-refractivity contribution in [1.29, 1.82) is 0 Å². The minimum absolute atomic E-state index is 0.107. The lowest BCUT2D eigenvalue weighted by Crippen LogP contribution is -2.63. The summed E-state index contributed by atoms with van der Waals surface area (Å²) in [5.74, 6) is -0.816. The van der Waals surface area contributed by atoms with Crippen LogP contribution in [-0.4, -0.2) is 70.8 Å². The summed E-state index contributed by atoms with van der Waals surface area (Å²) in [5.41, 5.74) is 6.41. The second kappa shape index (κ2) is 10.2. The quantitative estimate of drug-likeness (QED) is 0.450. The summed E-state index contributed by atoms with van der Waals surface area (Å²) in [4.78, 5) is 4.16. The maximum Gasteiger partial charge on any atom is 0.163 e. The number of nitrogens with one attached hydrogen (secondary N) is 3. The Hall–Kier alpha value is -2.33. The van der Waals surface area contributed by atoms with Gasteiger partial charge in [-0.2, -0.15) is 5.10 Å². The molecule has 7 nitrogen and oxygen atoms in total. The van der Waals surface area contributed by atoms with Gasteiger partial charge in [0.05, 0.1) is 11.8 Å². The summed E-state index contributed by atoms with van der Waals surface area (Å²) in [5, 5.41) is 22.8. The number of benzene rings is 1. The van der Waals surface area contributed by atoms with Crippen LogP contribution < -0.4 is 16.1 Å². The van der Waals surface area contributed by atoms with Crippen LogP contribution in [0.15, 0.2) is 46.7 Å². The molecule has 4 aliphatic heterocycles. The number of dihydropyridines is 1. The van der Waals surface area contributed by atoms with Gasteiger partial charge < -0.3 is 15.8 Å². The third-order valence-corrected chi connectivity index (χ3v) is 7.94. The number of fused-ring (bicyclic) bond motifs is 1. The van der Waals surface area contributed by atoms with Crippen molar-refractivity contribution in [3.05, 3.63) is 58.8 Å². The number of rotatable bonds is 6. The van der Waals surface area contributed by atoms with Crippen molar-refractivity contribution in [2.24, 2.45) is 11.0 Å². The number of nitrogens with zero attached hydrogens (tertiary/aromatic N) is 3. The maximum atomic E-state index is 14.2. The first-order valence-electron chi connectivity index (χ1n) is 13.1. The first-order valence-corrected chi connectivity index (χ1v) is 13.1. The fourth-order valence-electron chi connectivity index (χ4n) is 6.20. The Kier molecular flexibility index (Phi) is 7.18. The molecule has 2 fully saturated rings. The van der Waals surface area contributed by atoms with Crippen molar-refractivity contribution in [2.45, 2.75) is 70.6 Å². The highest BCUT2D eigenvalue weighted by molar-refractivity contribution is 6.06. The first kappa shape index (κ1) is 25.3. The molecule has 4 aliphatic rings. The molecule has 196 valence electrons. The van der Waals surface area contributed by atoms with Gasteiger partial charge in [-0.25, -0.2) is 8.78 Å². The molecule has 2 saturated heterocycles. The number of piperidine rings is 2. The van der Waals surface area contributed by atoms with Crippen LogP contribution in [0.25, 0.3) is 0 Å². The smallest absolute Gasteiger partial charge is 0.163 e. The SMILES string of the molecule is CC1=CC(C2=NNC3CCN(C(O)N[C@@]4(C)CCCN(Cc5c(F)cccc5F)C4)CC23)=CC(C)N1. The molecule has 5 rings (SSSR count). The highest BCUT2D eigenvalue weighted by Gasteiger charge is 2.41. The number of aliphatic hydroxyl groups excluding tert-OH is 1. The topological polar surface area (TPSA) is 75.2 Å². The van der Waals surface area contributed by atoms with E-state index in [-0.39, 0.29) is 35.6 Å². The van der Waals surface area contributed by atoms with Crippen molar-refractivity contribution in [3.8, 4) is 0 Å². The molecule has 0 amide bonds. The zero-order chi connectivity index (χ0) is 25.4. The highest BCUT2D eigenvalue weighted by Crippen LogP contribution is 2.30. The van der Waals surface area contributed by atoms with Gasteiger partial charge in [-0.15, -0.1) is 0 Å². The van der Waals surface area contributed by atoms with Crippen LogP contribution in [-0.2, 0) is 6.54 Å². The zero-order valence-corrected chi connectivity index (χ0v) is 21.4. The predicted molar refractivity (Wildman–Crippen MR) is 137 cm³/mol. The summed E-state index contributed by atoms with van der Waals surface area (Å²) in [6.45, 7) is 9.36. The number of likely N-dealkylation sites (tertiary alicyclic amines) is 2. The fourth-order valence-corrected chi connectivity index (χ4v) is 6.20. The Morgan fingerprint density at radius 2 is 2.06 bits per heavy atom. The third-order valence-electron chi connectivity index (χ3n) is 7.94. The largest absolute Gasteiger partial charge is 0.383 e. The van der Waals surface area contributed by atoms with E-state index < -0.39 is 18.0 Å². The van der Waals surface area contributed by atoms with E-state index in [4.69, 9.17) is 0 Å². The standard InChI is InChI=1S/C27H38F2N6O/c1-17-12-19(13-18(2)30-17)25-21-15-35(11-8-24(21)32-33-25)26(36)31-27(3)9-5-10-34(16-27)14-20-22(28)6-4-7-23(20)29/h4,6-7,12-13,17,21,24,26,30-32,36H,5,8-11,14-16H2,1-3H3/t17?,21?,24?,26?,27-/m0/s1. The molecule has 0 spiro atoms. The van der Waals surface area contributed by atoms with Gasteiger partial charge in [0.25, 0.3) is 0 Å². The van der Waals surface area contributed by atoms with Crippen LogP contribution in [0.4, 0.5) is 8.78 Å². The highest BCUT2D eigenvalue weighted by atomic mass is 19.1. The number of hydrazone groups is 1. The van der Waals surface area contributed by atoms with Gasteiger partial charge in [0, 0.05) is 54.9 Å². The second-order valence-electron chi connectivity index (χ2n) is 11.1. The summed E-state index contributed by atoms with van der Waals surface area (Å²) >= 11 is 0. The van der Waals surface area contributed by atoms with Gasteiger partial charge in [-0.1, -0.05) is 12.1 Å². The van der Waals surface area contributed by atoms with Gasteiger partial charge in [0.1, 0.15) is 11.6 Å². The van der Waals surface area contributed by atoms with E-state index in [1.54, 1.807) is 0 Å². The van der Waals surface area contributed by atoms with Crippen LogP contribution in [0, 0.1) is 17.6 Å². The Labute approximate surface area is 212 Å². The molecular weight excluding hydrogens is 462 g/mol. The van der Waals surface area contributed by atoms with Crippen LogP contribution >= 0.6 is 0 Å². The zero-order valence-electron chi connectivity index (χ0n) is 21.4. The maximum absolute atomic E-state index is 14.2. The van der Waals surface area contributed by atoms with Gasteiger partial charge in [-0.3, -0.25) is 15.1 Å². The fraction of sp³-hybridized carbons (Fsp3) is 0.593. The van der Waals surface area contributed by atoms with E-state index >= 15 is 0 Å².